The topological polar surface area (TPSA) is 37.8 Å². The van der Waals surface area contributed by atoms with Crippen molar-refractivity contribution in [2.45, 2.75) is 6.92 Å². The number of fused-ring (bicyclic) bond motifs is 2. The fourth-order valence-electron chi connectivity index (χ4n) is 2.59. The van der Waals surface area contributed by atoms with E-state index in [-0.39, 0.29) is 5.82 Å². The number of nitrogens with zero attached hydrogens (tertiary/aromatic N) is 2. The predicted octanol–water partition coefficient (Wildman–Crippen LogP) is 5.17. The molecule has 4 aromatic rings. The normalized spacial score (nSPS) is 11.3. The number of pyridine rings is 2. The number of hydrogen-bond donors (Lipinski definition) is 1. The fourth-order valence-corrected chi connectivity index (χ4v) is 3.53. The minimum atomic E-state index is -0.859. The van der Waals surface area contributed by atoms with Crippen LogP contribution in [0.25, 0.3) is 21.0 Å². The molecule has 3 heterocycles. The SMILES string of the molecule is Cc1cc2cc3nccc(Nc4cc(F)cc(F)n4)c3cc2s1. The zero-order chi connectivity index (χ0) is 16.0. The molecule has 3 nitrogen and oxygen atoms in total. The Morgan fingerprint density at radius 3 is 2.78 bits per heavy atom. The van der Waals surface area contributed by atoms with Crippen LogP contribution in [0.3, 0.4) is 0 Å². The fraction of sp³-hybridized carbons (Fsp3) is 0.0588. The summed E-state index contributed by atoms with van der Waals surface area (Å²) < 4.78 is 27.7. The van der Waals surface area contributed by atoms with Crippen molar-refractivity contribution in [2.24, 2.45) is 0 Å². The third-order valence-corrected chi connectivity index (χ3v) is 4.54. The van der Waals surface area contributed by atoms with E-state index < -0.39 is 11.8 Å². The van der Waals surface area contributed by atoms with Gasteiger partial charge in [0.2, 0.25) is 5.95 Å². The van der Waals surface area contributed by atoms with Crippen molar-refractivity contribution in [1.29, 1.82) is 0 Å². The molecular formula is C17H11F2N3S. The Morgan fingerprint density at radius 2 is 1.96 bits per heavy atom. The van der Waals surface area contributed by atoms with E-state index >= 15 is 0 Å². The third kappa shape index (κ3) is 2.61. The number of anilines is 2. The van der Waals surface area contributed by atoms with Crippen LogP contribution in [0.15, 0.2) is 42.6 Å². The summed E-state index contributed by atoms with van der Waals surface area (Å²) in [6.45, 7) is 2.06. The van der Waals surface area contributed by atoms with Crippen LogP contribution in [0.5, 0.6) is 0 Å². The van der Waals surface area contributed by atoms with Crippen molar-refractivity contribution >= 4 is 43.8 Å². The first-order chi connectivity index (χ1) is 11.1. The monoisotopic (exact) mass is 327 g/mol. The Labute approximate surface area is 134 Å². The highest BCUT2D eigenvalue weighted by Gasteiger charge is 2.08. The molecule has 0 saturated heterocycles. The first-order valence-corrected chi connectivity index (χ1v) is 7.79. The molecule has 0 bridgehead atoms. The maximum absolute atomic E-state index is 13.3. The highest BCUT2D eigenvalue weighted by molar-refractivity contribution is 7.19. The van der Waals surface area contributed by atoms with Crippen LogP contribution in [0.1, 0.15) is 4.88 Å². The second-order valence-corrected chi connectivity index (χ2v) is 6.53. The van der Waals surface area contributed by atoms with Gasteiger partial charge in [-0.15, -0.1) is 11.3 Å². The van der Waals surface area contributed by atoms with Crippen LogP contribution in [0, 0.1) is 18.7 Å². The van der Waals surface area contributed by atoms with Gasteiger partial charge >= 0.3 is 0 Å². The van der Waals surface area contributed by atoms with Crippen molar-refractivity contribution < 1.29 is 8.78 Å². The van der Waals surface area contributed by atoms with Crippen LogP contribution >= 0.6 is 11.3 Å². The van der Waals surface area contributed by atoms with Crippen LogP contribution in [0.4, 0.5) is 20.3 Å². The molecule has 114 valence electrons. The van der Waals surface area contributed by atoms with Gasteiger partial charge in [0.1, 0.15) is 11.6 Å². The van der Waals surface area contributed by atoms with Crippen LogP contribution in [0.2, 0.25) is 0 Å². The first kappa shape index (κ1) is 14.0. The molecule has 1 N–H and O–H groups in total. The van der Waals surface area contributed by atoms with Crippen molar-refractivity contribution in [1.82, 2.24) is 9.97 Å². The molecule has 0 unspecified atom stereocenters. The smallest absolute Gasteiger partial charge is 0.217 e. The number of rotatable bonds is 2. The van der Waals surface area contributed by atoms with Crippen molar-refractivity contribution in [2.75, 3.05) is 5.32 Å². The van der Waals surface area contributed by atoms with Gasteiger partial charge in [-0.3, -0.25) is 4.98 Å². The average molecular weight is 327 g/mol. The highest BCUT2D eigenvalue weighted by atomic mass is 32.1. The molecule has 0 aliphatic carbocycles. The summed E-state index contributed by atoms with van der Waals surface area (Å²) in [5.41, 5.74) is 1.53. The molecule has 0 aliphatic heterocycles. The molecule has 0 fully saturated rings. The summed E-state index contributed by atoms with van der Waals surface area (Å²) in [7, 11) is 0. The van der Waals surface area contributed by atoms with Crippen LogP contribution in [-0.2, 0) is 0 Å². The van der Waals surface area contributed by atoms with E-state index in [1.165, 1.54) is 4.88 Å². The molecule has 1 aromatic carbocycles. The number of benzene rings is 1. The van der Waals surface area contributed by atoms with E-state index in [4.69, 9.17) is 0 Å². The van der Waals surface area contributed by atoms with Gasteiger partial charge in [0.05, 0.1) is 11.2 Å². The molecule has 0 aliphatic rings. The molecule has 0 spiro atoms. The summed E-state index contributed by atoms with van der Waals surface area (Å²) >= 11 is 1.70. The molecular weight excluding hydrogens is 316 g/mol. The molecule has 0 radical (unpaired) electrons. The number of hydrogen-bond acceptors (Lipinski definition) is 4. The molecule has 3 aromatic heterocycles. The third-order valence-electron chi connectivity index (χ3n) is 3.52. The summed E-state index contributed by atoms with van der Waals surface area (Å²) in [6, 6.07) is 9.83. The standard InChI is InChI=1S/C17H11F2N3S/c1-9-4-10-5-14-12(8-15(10)23-9)13(2-3-20-14)21-17-7-11(18)6-16(19)22-17/h2-8H,1H3,(H,20,21,22). The average Bonchev–Trinajstić information content (AvgIpc) is 2.83. The lowest BCUT2D eigenvalue weighted by Crippen LogP contribution is -1.98. The lowest BCUT2D eigenvalue weighted by Gasteiger charge is -2.09. The predicted molar refractivity (Wildman–Crippen MR) is 89.3 cm³/mol. The van der Waals surface area contributed by atoms with Crippen molar-refractivity contribution in [3.8, 4) is 0 Å². The van der Waals surface area contributed by atoms with Gasteiger partial charge in [0, 0.05) is 33.3 Å². The molecule has 0 amide bonds. The summed E-state index contributed by atoms with van der Waals surface area (Å²) in [5.74, 6) is -1.41. The van der Waals surface area contributed by atoms with E-state index in [1.807, 2.05) is 12.1 Å². The van der Waals surface area contributed by atoms with Crippen molar-refractivity contribution in [3.05, 3.63) is 59.2 Å². The number of thiophene rings is 1. The van der Waals surface area contributed by atoms with Gasteiger partial charge in [-0.2, -0.15) is 4.39 Å². The minimum absolute atomic E-state index is 0.123. The second kappa shape index (κ2) is 5.24. The first-order valence-electron chi connectivity index (χ1n) is 6.97. The Kier molecular flexibility index (Phi) is 3.20. The lowest BCUT2D eigenvalue weighted by molar-refractivity contribution is 0.554. The Hall–Kier alpha value is -2.60. The highest BCUT2D eigenvalue weighted by Crippen LogP contribution is 2.32. The molecule has 6 heteroatoms. The second-order valence-electron chi connectivity index (χ2n) is 5.24. The number of aryl methyl sites for hydroxylation is 1. The van der Waals surface area contributed by atoms with Gasteiger partial charge in [0.25, 0.3) is 0 Å². The minimum Gasteiger partial charge on any atom is -0.339 e. The zero-order valence-electron chi connectivity index (χ0n) is 12.1. The van der Waals surface area contributed by atoms with Gasteiger partial charge in [0.15, 0.2) is 0 Å². The number of aromatic nitrogens is 2. The Morgan fingerprint density at radius 1 is 1.09 bits per heavy atom. The lowest BCUT2D eigenvalue weighted by atomic mass is 10.1. The quantitative estimate of drug-likeness (QED) is 0.516. The van der Waals surface area contributed by atoms with E-state index in [2.05, 4.69) is 28.3 Å². The van der Waals surface area contributed by atoms with Crippen molar-refractivity contribution in [3.63, 3.8) is 0 Å². The van der Waals surface area contributed by atoms with Gasteiger partial charge in [-0.05, 0) is 36.6 Å². The number of nitrogens with one attached hydrogen (secondary N) is 1. The molecule has 0 atom stereocenters. The van der Waals surface area contributed by atoms with E-state index in [1.54, 1.807) is 23.6 Å². The molecule has 4 rings (SSSR count). The van der Waals surface area contributed by atoms with Crippen LogP contribution in [-0.4, -0.2) is 9.97 Å². The number of halogens is 2. The zero-order valence-corrected chi connectivity index (χ0v) is 12.9. The molecule has 0 saturated carbocycles. The summed E-state index contributed by atoms with van der Waals surface area (Å²) in [4.78, 5) is 9.26. The van der Waals surface area contributed by atoms with Gasteiger partial charge in [-0.25, -0.2) is 9.37 Å². The van der Waals surface area contributed by atoms with E-state index in [0.29, 0.717) is 5.69 Å². The van der Waals surface area contributed by atoms with E-state index in [0.717, 1.165) is 33.1 Å². The Balaban J connectivity index is 1.87. The van der Waals surface area contributed by atoms with Crippen LogP contribution < -0.4 is 5.32 Å². The Bertz CT molecular complexity index is 1020. The molecule has 23 heavy (non-hydrogen) atoms. The largest absolute Gasteiger partial charge is 0.339 e. The van der Waals surface area contributed by atoms with Gasteiger partial charge < -0.3 is 5.32 Å². The van der Waals surface area contributed by atoms with E-state index in [9.17, 15) is 8.78 Å². The maximum Gasteiger partial charge on any atom is 0.217 e. The summed E-state index contributed by atoms with van der Waals surface area (Å²) in [5, 5.41) is 4.99. The summed E-state index contributed by atoms with van der Waals surface area (Å²) in [6.07, 6.45) is 1.66. The van der Waals surface area contributed by atoms with Gasteiger partial charge in [-0.1, -0.05) is 0 Å². The maximum atomic E-state index is 13.3.